The molecule has 0 aliphatic heterocycles. The van der Waals surface area contributed by atoms with Gasteiger partial charge in [0.05, 0.1) is 0 Å². The van der Waals surface area contributed by atoms with Gasteiger partial charge in [-0.05, 0) is 19.3 Å². The summed E-state index contributed by atoms with van der Waals surface area (Å²) < 4.78 is 16.8. The zero-order valence-corrected chi connectivity index (χ0v) is 12.3. The molecule has 0 aromatic rings. The smallest absolute Gasteiger partial charge is 0.547 e. The molecule has 98 valence electrons. The third kappa shape index (κ3) is 14.5. The molecule has 0 amide bonds. The van der Waals surface area contributed by atoms with E-state index in [0.29, 0.717) is 0 Å². The van der Waals surface area contributed by atoms with E-state index in [1.54, 1.807) is 0 Å². The molecule has 0 rings (SSSR count). The van der Waals surface area contributed by atoms with Crippen molar-refractivity contribution in [3.63, 3.8) is 0 Å². The minimum Gasteiger partial charge on any atom is -0.547 e. The molecular weight excluding hydrogens is 210 g/mol. The van der Waals surface area contributed by atoms with Crippen LogP contribution < -0.4 is 18.9 Å². The quantitative estimate of drug-likeness (QED) is 0.358. The third-order valence-corrected chi connectivity index (χ3v) is 2.43. The maximum absolute atomic E-state index is 5.61. The summed E-state index contributed by atoms with van der Waals surface area (Å²) in [5.41, 5.74) is 0. The molecule has 0 radical (unpaired) electrons. The van der Waals surface area contributed by atoms with Crippen LogP contribution in [-0.2, 0) is 14.0 Å². The van der Waals surface area contributed by atoms with Gasteiger partial charge in [0, 0.05) is 19.8 Å². The zero-order valence-electron chi connectivity index (χ0n) is 12.3. The molecule has 0 N–H and O–H groups in total. The van der Waals surface area contributed by atoms with Crippen molar-refractivity contribution in [2.75, 3.05) is 19.8 Å². The monoisotopic (exact) mass is 238 g/mol. The molecular formula is C12H28BLiO3. The molecule has 0 bridgehead atoms. The maximum atomic E-state index is 5.61. The van der Waals surface area contributed by atoms with Crippen LogP contribution in [0, 0.1) is 0 Å². The van der Waals surface area contributed by atoms with Gasteiger partial charge >= 0.3 is 26.2 Å². The van der Waals surface area contributed by atoms with Gasteiger partial charge < -0.3 is 14.0 Å². The van der Waals surface area contributed by atoms with E-state index in [1.807, 2.05) is 0 Å². The molecule has 0 aliphatic carbocycles. The van der Waals surface area contributed by atoms with E-state index < -0.39 is 7.32 Å². The van der Waals surface area contributed by atoms with Crippen LogP contribution in [0.15, 0.2) is 0 Å². The van der Waals surface area contributed by atoms with Gasteiger partial charge in [-0.25, -0.2) is 0 Å². The average molecular weight is 238 g/mol. The first kappa shape index (κ1) is 19.9. The summed E-state index contributed by atoms with van der Waals surface area (Å²) in [6.07, 6.45) is 6.69. The van der Waals surface area contributed by atoms with Gasteiger partial charge in [-0.1, -0.05) is 40.0 Å². The van der Waals surface area contributed by atoms with E-state index in [2.05, 4.69) is 20.8 Å². The third-order valence-electron chi connectivity index (χ3n) is 2.43. The van der Waals surface area contributed by atoms with Crippen molar-refractivity contribution < 1.29 is 32.8 Å². The summed E-state index contributed by atoms with van der Waals surface area (Å²) in [5.74, 6) is 0. The number of hydrogen-bond donors (Lipinski definition) is 0. The summed E-state index contributed by atoms with van der Waals surface area (Å²) in [5, 5.41) is 0. The summed E-state index contributed by atoms with van der Waals surface area (Å²) in [6, 6.07) is 0. The Hall–Kier alpha value is 0.542. The molecule has 0 aromatic heterocycles. The van der Waals surface area contributed by atoms with Crippen molar-refractivity contribution in [2.45, 2.75) is 59.3 Å². The van der Waals surface area contributed by atoms with Crippen molar-refractivity contribution in [3.05, 3.63) is 0 Å². The SMILES string of the molecule is CCCCO[BH-](OCCCC)OCCCC.[Li+]. The van der Waals surface area contributed by atoms with E-state index >= 15 is 0 Å². The van der Waals surface area contributed by atoms with Crippen LogP contribution >= 0.6 is 0 Å². The van der Waals surface area contributed by atoms with Gasteiger partial charge in [0.25, 0.3) is 0 Å². The molecule has 0 unspecified atom stereocenters. The van der Waals surface area contributed by atoms with Gasteiger partial charge in [0.2, 0.25) is 0 Å². The van der Waals surface area contributed by atoms with Crippen LogP contribution in [0.3, 0.4) is 0 Å². The van der Waals surface area contributed by atoms with Crippen LogP contribution in [-0.4, -0.2) is 27.1 Å². The average Bonchev–Trinajstić information content (AvgIpc) is 2.29. The van der Waals surface area contributed by atoms with E-state index in [0.717, 1.165) is 58.3 Å². The standard InChI is InChI=1S/C12H28BO3.Li/c1-4-7-10-14-13(15-11-8-5-2)16-12-9-6-3;/h13H,4-12H2,1-3H3;/q-1;+1. The Morgan fingerprint density at radius 3 is 1.18 bits per heavy atom. The molecule has 5 heteroatoms. The van der Waals surface area contributed by atoms with E-state index in [9.17, 15) is 0 Å². The van der Waals surface area contributed by atoms with Gasteiger partial charge in [-0.2, -0.15) is 0 Å². The fraction of sp³-hybridized carbons (Fsp3) is 1.00. The molecule has 0 heterocycles. The second-order valence-corrected chi connectivity index (χ2v) is 4.14. The number of rotatable bonds is 12. The molecule has 0 saturated carbocycles. The van der Waals surface area contributed by atoms with E-state index in [4.69, 9.17) is 14.0 Å². The molecule has 0 aliphatic rings. The molecule has 0 saturated heterocycles. The molecule has 17 heavy (non-hydrogen) atoms. The summed E-state index contributed by atoms with van der Waals surface area (Å²) in [4.78, 5) is 0. The second kappa shape index (κ2) is 16.5. The Labute approximate surface area is 119 Å². The van der Waals surface area contributed by atoms with Crippen LogP contribution in [0.2, 0.25) is 0 Å². The van der Waals surface area contributed by atoms with Crippen molar-refractivity contribution in [2.24, 2.45) is 0 Å². The predicted molar refractivity (Wildman–Crippen MR) is 69.7 cm³/mol. The largest absolute Gasteiger partial charge is 1.00 e. The Kier molecular flexibility index (Phi) is 19.3. The fourth-order valence-electron chi connectivity index (χ4n) is 1.27. The number of hydrogen-bond acceptors (Lipinski definition) is 3. The van der Waals surface area contributed by atoms with Crippen LogP contribution in [0.5, 0.6) is 0 Å². The van der Waals surface area contributed by atoms with Crippen LogP contribution in [0.25, 0.3) is 0 Å². The summed E-state index contributed by atoms with van der Waals surface area (Å²) in [6.45, 7) is 8.75. The summed E-state index contributed by atoms with van der Waals surface area (Å²) >= 11 is 0. The molecule has 0 atom stereocenters. The Balaban J connectivity index is 0. The van der Waals surface area contributed by atoms with Crippen LogP contribution in [0.4, 0.5) is 0 Å². The predicted octanol–water partition coefficient (Wildman–Crippen LogP) is 0.158. The normalized spacial score (nSPS) is 10.6. The molecule has 0 fully saturated rings. The first-order valence-electron chi connectivity index (χ1n) is 6.85. The Morgan fingerprint density at radius 2 is 0.941 bits per heavy atom. The van der Waals surface area contributed by atoms with Gasteiger partial charge in [0.1, 0.15) is 0 Å². The summed E-state index contributed by atoms with van der Waals surface area (Å²) in [7, 11) is -1.28. The van der Waals surface area contributed by atoms with Crippen LogP contribution in [0.1, 0.15) is 59.3 Å². The maximum Gasteiger partial charge on any atom is 1.00 e. The van der Waals surface area contributed by atoms with Crippen molar-refractivity contribution in [1.82, 2.24) is 0 Å². The molecule has 0 aromatic carbocycles. The van der Waals surface area contributed by atoms with Gasteiger partial charge in [-0.3, -0.25) is 0 Å². The van der Waals surface area contributed by atoms with E-state index in [1.165, 1.54) is 0 Å². The molecule has 3 nitrogen and oxygen atoms in total. The topological polar surface area (TPSA) is 27.7 Å². The van der Waals surface area contributed by atoms with Crippen molar-refractivity contribution in [1.29, 1.82) is 0 Å². The van der Waals surface area contributed by atoms with Crippen molar-refractivity contribution in [3.8, 4) is 0 Å². The zero-order chi connectivity index (χ0) is 12.1. The minimum atomic E-state index is -1.28. The van der Waals surface area contributed by atoms with Gasteiger partial charge in [-0.15, -0.1) is 0 Å². The molecule has 0 spiro atoms. The van der Waals surface area contributed by atoms with Crippen molar-refractivity contribution >= 4 is 7.32 Å². The first-order chi connectivity index (χ1) is 7.85. The minimum absolute atomic E-state index is 0. The Morgan fingerprint density at radius 1 is 0.647 bits per heavy atom. The number of unbranched alkanes of at least 4 members (excludes halogenated alkanes) is 3. The van der Waals surface area contributed by atoms with E-state index in [-0.39, 0.29) is 18.9 Å². The second-order valence-electron chi connectivity index (χ2n) is 4.14. The first-order valence-corrected chi connectivity index (χ1v) is 6.85. The fourth-order valence-corrected chi connectivity index (χ4v) is 1.27. The Bertz CT molecular complexity index is 115. The van der Waals surface area contributed by atoms with Gasteiger partial charge in [0.15, 0.2) is 0 Å².